The van der Waals surface area contributed by atoms with Gasteiger partial charge < -0.3 is 9.64 Å². The second-order valence-electron chi connectivity index (χ2n) is 4.40. The van der Waals surface area contributed by atoms with Gasteiger partial charge in [-0.3, -0.25) is 0 Å². The minimum absolute atomic E-state index is 0.188. The molecule has 0 aromatic rings. The third-order valence-electron chi connectivity index (χ3n) is 3.35. The minimum atomic E-state index is -0.188. The fourth-order valence-corrected chi connectivity index (χ4v) is 2.54. The molecule has 1 fully saturated rings. The first-order chi connectivity index (χ1) is 7.13. The zero-order valence-corrected chi connectivity index (χ0v) is 9.49. The van der Waals surface area contributed by atoms with Crippen molar-refractivity contribution in [1.29, 1.82) is 0 Å². The number of hydrogen-bond donors (Lipinski definition) is 0. The fourth-order valence-electron chi connectivity index (χ4n) is 2.54. The highest BCUT2D eigenvalue weighted by Crippen LogP contribution is 2.42. The molecular formula is C12H17NO2. The molecule has 0 aromatic carbocycles. The smallest absolute Gasteiger partial charge is 0.335 e. The Balaban J connectivity index is 2.30. The molecule has 0 spiro atoms. The second kappa shape index (κ2) is 3.72. The van der Waals surface area contributed by atoms with Crippen LogP contribution in [0.3, 0.4) is 0 Å². The van der Waals surface area contributed by atoms with Gasteiger partial charge in [-0.25, -0.2) is 4.79 Å². The minimum Gasteiger partial charge on any atom is -0.466 e. The maximum Gasteiger partial charge on any atom is 0.335 e. The van der Waals surface area contributed by atoms with Gasteiger partial charge in [0.15, 0.2) is 0 Å². The van der Waals surface area contributed by atoms with Crippen LogP contribution in [0.1, 0.15) is 19.8 Å². The Kier molecular flexibility index (Phi) is 2.55. The summed E-state index contributed by atoms with van der Waals surface area (Å²) in [5.41, 5.74) is 2.18. The van der Waals surface area contributed by atoms with Crippen LogP contribution in [0.5, 0.6) is 0 Å². The van der Waals surface area contributed by atoms with Gasteiger partial charge in [0.05, 0.1) is 12.7 Å². The van der Waals surface area contributed by atoms with Crippen molar-refractivity contribution in [2.24, 2.45) is 11.8 Å². The number of fused-ring (bicyclic) bond motifs is 1. The molecule has 0 amide bonds. The summed E-state index contributed by atoms with van der Waals surface area (Å²) in [6.07, 6.45) is 6.27. The van der Waals surface area contributed by atoms with Crippen molar-refractivity contribution in [2.45, 2.75) is 19.8 Å². The van der Waals surface area contributed by atoms with Crippen molar-refractivity contribution in [3.63, 3.8) is 0 Å². The number of ether oxygens (including phenoxy) is 1. The summed E-state index contributed by atoms with van der Waals surface area (Å²) in [6.45, 7) is 2.22. The highest BCUT2D eigenvalue weighted by atomic mass is 16.5. The number of hydrogen-bond acceptors (Lipinski definition) is 3. The molecule has 2 rings (SSSR count). The third kappa shape index (κ3) is 1.66. The zero-order chi connectivity index (χ0) is 11.0. The Bertz CT molecular complexity index is 344. The lowest BCUT2D eigenvalue weighted by molar-refractivity contribution is -0.136. The van der Waals surface area contributed by atoms with Crippen LogP contribution in [-0.2, 0) is 9.53 Å². The molecule has 1 aliphatic carbocycles. The predicted octanol–water partition coefficient (Wildman–Crippen LogP) is 1.92. The van der Waals surface area contributed by atoms with Gasteiger partial charge in [0.2, 0.25) is 0 Å². The average Bonchev–Trinajstić information content (AvgIpc) is 2.58. The summed E-state index contributed by atoms with van der Waals surface area (Å²) >= 11 is 0. The van der Waals surface area contributed by atoms with Crippen molar-refractivity contribution >= 4 is 5.97 Å². The molecular weight excluding hydrogens is 190 g/mol. The summed E-state index contributed by atoms with van der Waals surface area (Å²) in [5, 5.41) is 0. The van der Waals surface area contributed by atoms with Gasteiger partial charge in [-0.1, -0.05) is 6.92 Å². The highest BCUT2D eigenvalue weighted by molar-refractivity contribution is 5.90. The van der Waals surface area contributed by atoms with Crippen LogP contribution >= 0.6 is 0 Å². The third-order valence-corrected chi connectivity index (χ3v) is 3.35. The van der Waals surface area contributed by atoms with Crippen LogP contribution in [0.4, 0.5) is 0 Å². The van der Waals surface area contributed by atoms with Crippen LogP contribution < -0.4 is 0 Å². The number of nitrogens with zero attached hydrogens (tertiary/aromatic N) is 1. The molecule has 3 nitrogen and oxygen atoms in total. The molecule has 82 valence electrons. The Morgan fingerprint density at radius 3 is 2.87 bits per heavy atom. The molecule has 0 saturated heterocycles. The molecule has 0 N–H and O–H groups in total. The van der Waals surface area contributed by atoms with Crippen LogP contribution in [0.25, 0.3) is 0 Å². The second-order valence-corrected chi connectivity index (χ2v) is 4.40. The lowest BCUT2D eigenvalue weighted by Crippen LogP contribution is -2.22. The molecule has 1 aliphatic heterocycles. The monoisotopic (exact) mass is 207 g/mol. The standard InChI is InChI=1S/C12H17NO2/c1-8-4-5-9-10(8)6-13(2)7-11(9)12(14)15-3/h6-9H,4-5H2,1-3H3. The molecule has 2 atom stereocenters. The molecule has 2 aliphatic rings. The Hall–Kier alpha value is -1.25. The van der Waals surface area contributed by atoms with Crippen molar-refractivity contribution in [1.82, 2.24) is 4.90 Å². The number of methoxy groups -OCH3 is 1. The summed E-state index contributed by atoms with van der Waals surface area (Å²) in [7, 11) is 3.40. The van der Waals surface area contributed by atoms with E-state index >= 15 is 0 Å². The fraction of sp³-hybridized carbons (Fsp3) is 0.583. The van der Waals surface area contributed by atoms with E-state index in [0.717, 1.165) is 12.0 Å². The van der Waals surface area contributed by atoms with Crippen LogP contribution in [0.2, 0.25) is 0 Å². The predicted molar refractivity (Wildman–Crippen MR) is 57.8 cm³/mol. The van der Waals surface area contributed by atoms with Crippen LogP contribution in [0, 0.1) is 11.8 Å². The van der Waals surface area contributed by atoms with E-state index in [9.17, 15) is 4.79 Å². The van der Waals surface area contributed by atoms with Gasteiger partial charge in [-0.2, -0.15) is 0 Å². The maximum atomic E-state index is 11.6. The lowest BCUT2D eigenvalue weighted by Gasteiger charge is -2.25. The molecule has 1 heterocycles. The van der Waals surface area contributed by atoms with E-state index in [1.165, 1.54) is 19.1 Å². The van der Waals surface area contributed by atoms with Crippen LogP contribution in [-0.4, -0.2) is 25.0 Å². The van der Waals surface area contributed by atoms with Crippen molar-refractivity contribution in [3.05, 3.63) is 23.5 Å². The SMILES string of the molecule is COC(=O)C1=CN(C)C=C2C(C)CCC12. The Labute approximate surface area is 90.4 Å². The first-order valence-electron chi connectivity index (χ1n) is 5.37. The number of carbonyl (C=O) groups is 1. The van der Waals surface area contributed by atoms with E-state index in [2.05, 4.69) is 13.1 Å². The van der Waals surface area contributed by atoms with Crippen molar-refractivity contribution in [2.75, 3.05) is 14.2 Å². The number of allylic oxidation sites excluding steroid dienone is 1. The summed E-state index contributed by atoms with van der Waals surface area (Å²) in [5.74, 6) is 0.695. The van der Waals surface area contributed by atoms with E-state index in [-0.39, 0.29) is 5.97 Å². The Morgan fingerprint density at radius 2 is 2.20 bits per heavy atom. The highest BCUT2D eigenvalue weighted by Gasteiger charge is 2.35. The molecule has 15 heavy (non-hydrogen) atoms. The summed E-state index contributed by atoms with van der Waals surface area (Å²) in [4.78, 5) is 13.6. The van der Waals surface area contributed by atoms with Gasteiger partial charge in [0.1, 0.15) is 0 Å². The summed E-state index contributed by atoms with van der Waals surface area (Å²) < 4.78 is 4.82. The molecule has 0 aromatic heterocycles. The van der Waals surface area contributed by atoms with Crippen molar-refractivity contribution < 1.29 is 9.53 Å². The van der Waals surface area contributed by atoms with Gasteiger partial charge in [0, 0.05) is 25.4 Å². The number of carbonyl (C=O) groups excluding carboxylic acids is 1. The van der Waals surface area contributed by atoms with E-state index in [1.54, 1.807) is 0 Å². The number of esters is 1. The molecule has 2 unspecified atom stereocenters. The normalized spacial score (nSPS) is 29.4. The average molecular weight is 207 g/mol. The number of rotatable bonds is 1. The molecule has 1 saturated carbocycles. The van der Waals surface area contributed by atoms with Crippen LogP contribution in [0.15, 0.2) is 23.5 Å². The van der Waals surface area contributed by atoms with Gasteiger partial charge in [0.25, 0.3) is 0 Å². The van der Waals surface area contributed by atoms with Crippen molar-refractivity contribution in [3.8, 4) is 0 Å². The molecule has 0 bridgehead atoms. The topological polar surface area (TPSA) is 29.5 Å². The van der Waals surface area contributed by atoms with Gasteiger partial charge >= 0.3 is 5.97 Å². The lowest BCUT2D eigenvalue weighted by atomic mass is 9.90. The van der Waals surface area contributed by atoms with Gasteiger partial charge in [-0.05, 0) is 24.3 Å². The van der Waals surface area contributed by atoms with E-state index in [1.807, 2.05) is 18.1 Å². The zero-order valence-electron chi connectivity index (χ0n) is 9.49. The first kappa shape index (κ1) is 10.3. The quantitative estimate of drug-likeness (QED) is 0.615. The van der Waals surface area contributed by atoms with E-state index in [0.29, 0.717) is 11.8 Å². The van der Waals surface area contributed by atoms with E-state index < -0.39 is 0 Å². The van der Waals surface area contributed by atoms with Gasteiger partial charge in [-0.15, -0.1) is 0 Å². The maximum absolute atomic E-state index is 11.6. The summed E-state index contributed by atoms with van der Waals surface area (Å²) in [6, 6.07) is 0. The Morgan fingerprint density at radius 1 is 1.47 bits per heavy atom. The molecule has 3 heteroatoms. The first-order valence-corrected chi connectivity index (χ1v) is 5.37. The van der Waals surface area contributed by atoms with E-state index in [4.69, 9.17) is 4.74 Å². The molecule has 0 radical (unpaired) electrons. The largest absolute Gasteiger partial charge is 0.466 e.